The third-order valence-corrected chi connectivity index (χ3v) is 5.40. The number of fused-ring (bicyclic) bond motifs is 3. The Bertz CT molecular complexity index is 760. The van der Waals surface area contributed by atoms with E-state index in [2.05, 4.69) is 41.8 Å². The summed E-state index contributed by atoms with van der Waals surface area (Å²) in [4.78, 5) is 23.0. The molecule has 2 amide bonds. The molecule has 1 aliphatic rings. The highest BCUT2D eigenvalue weighted by Gasteiger charge is 2.29. The van der Waals surface area contributed by atoms with Crippen LogP contribution in [0.2, 0.25) is 0 Å². The molecule has 142 valence electrons. The van der Waals surface area contributed by atoms with Crippen LogP contribution < -0.4 is 10.6 Å². The molecule has 0 radical (unpaired) electrons. The molecule has 0 saturated carbocycles. The molecule has 0 bridgehead atoms. The van der Waals surface area contributed by atoms with E-state index in [0.29, 0.717) is 13.0 Å². The van der Waals surface area contributed by atoms with Gasteiger partial charge in [-0.3, -0.25) is 4.79 Å². The number of hydrogen-bond acceptors (Lipinski definition) is 3. The summed E-state index contributed by atoms with van der Waals surface area (Å²) in [6.07, 6.45) is 1.10. The van der Waals surface area contributed by atoms with Crippen molar-refractivity contribution in [2.24, 2.45) is 5.92 Å². The lowest BCUT2D eigenvalue weighted by molar-refractivity contribution is -0.109. The predicted molar refractivity (Wildman–Crippen MR) is 106 cm³/mol. The molecule has 0 unspecified atom stereocenters. The first-order valence-corrected chi connectivity index (χ1v) is 9.44. The normalized spacial score (nSPS) is 14.6. The third-order valence-electron chi connectivity index (χ3n) is 5.40. The zero-order valence-electron chi connectivity index (χ0n) is 15.8. The fourth-order valence-corrected chi connectivity index (χ4v) is 3.65. The van der Waals surface area contributed by atoms with E-state index < -0.39 is 6.09 Å². The van der Waals surface area contributed by atoms with Crippen molar-refractivity contribution >= 4 is 12.5 Å². The molecule has 0 aromatic heterocycles. The van der Waals surface area contributed by atoms with Crippen LogP contribution in [0.3, 0.4) is 0 Å². The molecule has 0 aliphatic heterocycles. The van der Waals surface area contributed by atoms with E-state index in [0.717, 1.165) is 6.42 Å². The molecule has 1 aliphatic carbocycles. The van der Waals surface area contributed by atoms with Gasteiger partial charge in [-0.2, -0.15) is 0 Å². The monoisotopic (exact) mass is 366 g/mol. The third kappa shape index (κ3) is 4.13. The first-order chi connectivity index (χ1) is 13.2. The van der Waals surface area contributed by atoms with E-state index in [1.807, 2.05) is 31.2 Å². The Kier molecular flexibility index (Phi) is 6.12. The summed E-state index contributed by atoms with van der Waals surface area (Å²) < 4.78 is 5.58. The van der Waals surface area contributed by atoms with E-state index >= 15 is 0 Å². The highest BCUT2D eigenvalue weighted by molar-refractivity contribution is 5.79. The Balaban J connectivity index is 1.67. The Morgan fingerprint density at radius 3 is 2.26 bits per heavy atom. The van der Waals surface area contributed by atoms with Crippen LogP contribution >= 0.6 is 0 Å². The molecule has 27 heavy (non-hydrogen) atoms. The number of rotatable bonds is 8. The summed E-state index contributed by atoms with van der Waals surface area (Å²) >= 11 is 0. The topological polar surface area (TPSA) is 67.4 Å². The van der Waals surface area contributed by atoms with Crippen molar-refractivity contribution in [3.63, 3.8) is 0 Å². The zero-order valence-corrected chi connectivity index (χ0v) is 15.8. The molecule has 0 heterocycles. The fourth-order valence-electron chi connectivity index (χ4n) is 3.65. The van der Waals surface area contributed by atoms with Crippen molar-refractivity contribution in [1.82, 2.24) is 10.6 Å². The average molecular weight is 366 g/mol. The number of ether oxygens (including phenoxy) is 1. The van der Waals surface area contributed by atoms with Gasteiger partial charge in [-0.05, 0) is 28.2 Å². The van der Waals surface area contributed by atoms with Crippen molar-refractivity contribution in [3.8, 4) is 11.1 Å². The minimum Gasteiger partial charge on any atom is -0.449 e. The molecule has 5 heteroatoms. The zero-order chi connectivity index (χ0) is 19.2. The minimum atomic E-state index is -0.449. The maximum atomic E-state index is 12.4. The van der Waals surface area contributed by atoms with E-state index in [1.54, 1.807) is 0 Å². The minimum absolute atomic E-state index is 0.0401. The summed E-state index contributed by atoms with van der Waals surface area (Å²) in [5, 5.41) is 5.53. The lowest BCUT2D eigenvalue weighted by Gasteiger charge is -2.24. The summed E-state index contributed by atoms with van der Waals surface area (Å²) in [6, 6.07) is 16.3. The molecule has 2 aromatic carbocycles. The molecule has 0 fully saturated rings. The number of benzene rings is 2. The predicted octanol–water partition coefficient (Wildman–Crippen LogP) is 3.69. The van der Waals surface area contributed by atoms with Crippen molar-refractivity contribution in [3.05, 3.63) is 59.7 Å². The molecule has 2 N–H and O–H groups in total. The van der Waals surface area contributed by atoms with Gasteiger partial charge in [0.2, 0.25) is 6.41 Å². The molecular formula is C22H26N2O3. The quantitative estimate of drug-likeness (QED) is 0.700. The van der Waals surface area contributed by atoms with Gasteiger partial charge in [-0.15, -0.1) is 0 Å². The van der Waals surface area contributed by atoms with Gasteiger partial charge in [0.05, 0.1) is 6.04 Å². The molecule has 2 atom stereocenters. The van der Waals surface area contributed by atoms with Gasteiger partial charge in [-0.1, -0.05) is 68.8 Å². The van der Waals surface area contributed by atoms with Gasteiger partial charge in [0.1, 0.15) is 6.61 Å². The van der Waals surface area contributed by atoms with Crippen molar-refractivity contribution in [2.45, 2.75) is 32.2 Å². The van der Waals surface area contributed by atoms with E-state index in [-0.39, 0.29) is 24.5 Å². The standard InChI is InChI=1S/C22H26N2O3/c1-3-15(2)21(12-23-14-25)24-22(26)27-13-20-18-10-6-4-8-16(18)17-9-5-7-11-19(17)20/h4-11,14-15,20-21H,3,12-13H2,1-2H3,(H,23,25)(H,24,26)/t15-,21+/m0/s1. The maximum absolute atomic E-state index is 12.4. The van der Waals surface area contributed by atoms with E-state index in [9.17, 15) is 9.59 Å². The first kappa shape index (κ1) is 19.0. The lowest BCUT2D eigenvalue weighted by atomic mass is 9.98. The van der Waals surface area contributed by atoms with E-state index in [4.69, 9.17) is 4.74 Å². The SMILES string of the molecule is CC[C@H](C)[C@@H](CNC=O)NC(=O)OCC1c2ccccc2-c2ccccc21. The van der Waals surface area contributed by atoms with Gasteiger partial charge >= 0.3 is 6.09 Å². The maximum Gasteiger partial charge on any atom is 0.407 e. The molecule has 2 aromatic rings. The first-order valence-electron chi connectivity index (χ1n) is 9.44. The highest BCUT2D eigenvalue weighted by atomic mass is 16.5. The van der Waals surface area contributed by atoms with Crippen molar-refractivity contribution in [2.75, 3.05) is 13.2 Å². The highest BCUT2D eigenvalue weighted by Crippen LogP contribution is 2.44. The Morgan fingerprint density at radius 1 is 1.11 bits per heavy atom. The second-order valence-corrected chi connectivity index (χ2v) is 6.99. The molecular weight excluding hydrogens is 340 g/mol. The Morgan fingerprint density at radius 2 is 1.70 bits per heavy atom. The largest absolute Gasteiger partial charge is 0.449 e. The smallest absolute Gasteiger partial charge is 0.407 e. The number of alkyl carbamates (subject to hydrolysis) is 1. The van der Waals surface area contributed by atoms with Crippen molar-refractivity contribution < 1.29 is 14.3 Å². The second-order valence-electron chi connectivity index (χ2n) is 6.99. The van der Waals surface area contributed by atoms with Gasteiger partial charge in [0, 0.05) is 12.5 Å². The van der Waals surface area contributed by atoms with Crippen LogP contribution in [0.4, 0.5) is 4.79 Å². The Labute approximate surface area is 160 Å². The summed E-state index contributed by atoms with van der Waals surface area (Å²) in [5.74, 6) is 0.274. The number of nitrogens with one attached hydrogen (secondary N) is 2. The Hall–Kier alpha value is -2.82. The summed E-state index contributed by atoms with van der Waals surface area (Å²) in [7, 11) is 0. The van der Waals surface area contributed by atoms with Crippen LogP contribution in [0.5, 0.6) is 0 Å². The molecule has 0 saturated heterocycles. The molecule has 3 rings (SSSR count). The summed E-state index contributed by atoms with van der Waals surface area (Å²) in [6.45, 7) is 4.77. The number of carbonyl (C=O) groups excluding carboxylic acids is 2. The number of carbonyl (C=O) groups is 2. The van der Waals surface area contributed by atoms with Crippen LogP contribution in [-0.4, -0.2) is 31.7 Å². The van der Waals surface area contributed by atoms with Gasteiger partial charge in [-0.25, -0.2) is 4.79 Å². The number of amides is 2. The van der Waals surface area contributed by atoms with Crippen LogP contribution in [0, 0.1) is 5.92 Å². The lowest BCUT2D eigenvalue weighted by Crippen LogP contribution is -2.46. The van der Waals surface area contributed by atoms with E-state index in [1.165, 1.54) is 22.3 Å². The number of hydrogen-bond donors (Lipinski definition) is 2. The average Bonchev–Trinajstić information content (AvgIpc) is 3.03. The van der Waals surface area contributed by atoms with Gasteiger partial charge in [0.25, 0.3) is 0 Å². The molecule has 5 nitrogen and oxygen atoms in total. The fraction of sp³-hybridized carbons (Fsp3) is 0.364. The second kappa shape index (κ2) is 8.71. The van der Waals surface area contributed by atoms with Crippen LogP contribution in [0.25, 0.3) is 11.1 Å². The molecule has 0 spiro atoms. The summed E-state index contributed by atoms with van der Waals surface area (Å²) in [5.41, 5.74) is 4.78. The van der Waals surface area contributed by atoms with Crippen LogP contribution in [0.1, 0.15) is 37.3 Å². The van der Waals surface area contributed by atoms with Gasteiger partial charge in [0.15, 0.2) is 0 Å². The van der Waals surface area contributed by atoms with Crippen molar-refractivity contribution in [1.29, 1.82) is 0 Å². The van der Waals surface area contributed by atoms with Crippen LogP contribution in [-0.2, 0) is 9.53 Å². The van der Waals surface area contributed by atoms with Crippen LogP contribution in [0.15, 0.2) is 48.5 Å². The van der Waals surface area contributed by atoms with Gasteiger partial charge < -0.3 is 15.4 Å².